The highest BCUT2D eigenvalue weighted by molar-refractivity contribution is 5.82. The first-order valence-corrected chi connectivity index (χ1v) is 4.90. The molecule has 1 N–H and O–H groups in total. The number of likely N-dealkylation sites (tertiary alicyclic amines) is 1. The fourth-order valence-electron chi connectivity index (χ4n) is 2.16. The summed E-state index contributed by atoms with van der Waals surface area (Å²) in [4.78, 5) is 13.8. The first-order chi connectivity index (χ1) is 5.88. The first-order valence-electron chi connectivity index (χ1n) is 4.90. The minimum Gasteiger partial charge on any atom is -0.355 e. The number of nitrogens with zero attached hydrogens (tertiary/aromatic N) is 1. The van der Waals surface area contributed by atoms with E-state index in [9.17, 15) is 4.79 Å². The maximum absolute atomic E-state index is 11.4. The molecule has 3 heteroatoms. The van der Waals surface area contributed by atoms with E-state index in [1.54, 1.807) is 0 Å². The molecular formula is C9H16N2O. The van der Waals surface area contributed by atoms with Gasteiger partial charge in [-0.25, -0.2) is 0 Å². The van der Waals surface area contributed by atoms with E-state index in [-0.39, 0.29) is 11.9 Å². The molecule has 0 bridgehead atoms. The van der Waals surface area contributed by atoms with Crippen molar-refractivity contribution in [1.82, 2.24) is 10.2 Å². The predicted molar refractivity (Wildman–Crippen MR) is 46.8 cm³/mol. The number of rotatable bonds is 1. The van der Waals surface area contributed by atoms with Gasteiger partial charge in [0, 0.05) is 6.54 Å². The zero-order valence-corrected chi connectivity index (χ0v) is 7.38. The van der Waals surface area contributed by atoms with E-state index in [0.29, 0.717) is 0 Å². The maximum atomic E-state index is 11.4. The lowest BCUT2D eigenvalue weighted by molar-refractivity contribution is -0.127. The van der Waals surface area contributed by atoms with Gasteiger partial charge in [0.15, 0.2) is 0 Å². The van der Waals surface area contributed by atoms with Crippen LogP contribution in [0.4, 0.5) is 0 Å². The summed E-state index contributed by atoms with van der Waals surface area (Å²) in [5, 5.41) is 2.93. The molecule has 0 radical (unpaired) electrons. The Morgan fingerprint density at radius 1 is 1.25 bits per heavy atom. The number of hydrogen-bond donors (Lipinski definition) is 1. The molecule has 1 unspecified atom stereocenters. The first kappa shape index (κ1) is 8.05. The summed E-state index contributed by atoms with van der Waals surface area (Å²) in [5.74, 6) is 0.253. The Hall–Kier alpha value is -0.570. The van der Waals surface area contributed by atoms with Gasteiger partial charge in [-0.3, -0.25) is 9.69 Å². The maximum Gasteiger partial charge on any atom is 0.237 e. The van der Waals surface area contributed by atoms with E-state index < -0.39 is 0 Å². The molecule has 0 aliphatic carbocycles. The second-order valence-corrected chi connectivity index (χ2v) is 3.69. The fourth-order valence-corrected chi connectivity index (χ4v) is 2.16. The molecule has 0 spiro atoms. The smallest absolute Gasteiger partial charge is 0.237 e. The molecule has 1 atom stereocenters. The average Bonchev–Trinajstić information content (AvgIpc) is 2.57. The molecule has 0 aromatic carbocycles. The summed E-state index contributed by atoms with van der Waals surface area (Å²) >= 11 is 0. The molecule has 3 nitrogen and oxygen atoms in total. The molecule has 2 fully saturated rings. The second-order valence-electron chi connectivity index (χ2n) is 3.69. The average molecular weight is 168 g/mol. The van der Waals surface area contributed by atoms with Gasteiger partial charge in [0.25, 0.3) is 0 Å². The van der Waals surface area contributed by atoms with E-state index in [4.69, 9.17) is 0 Å². The molecule has 0 aromatic heterocycles. The Balaban J connectivity index is 1.95. The van der Waals surface area contributed by atoms with E-state index in [1.165, 1.54) is 12.8 Å². The number of amides is 1. The number of nitrogens with one attached hydrogen (secondary N) is 1. The molecule has 2 aliphatic rings. The van der Waals surface area contributed by atoms with Crippen LogP contribution in [0.15, 0.2) is 0 Å². The van der Waals surface area contributed by atoms with E-state index in [2.05, 4.69) is 10.2 Å². The Bertz CT molecular complexity index is 175. The van der Waals surface area contributed by atoms with Crippen molar-refractivity contribution in [2.75, 3.05) is 19.6 Å². The number of carbonyl (C=O) groups excluding carboxylic acids is 1. The summed E-state index contributed by atoms with van der Waals surface area (Å²) in [6, 6.07) is 0.196. The molecule has 2 aliphatic heterocycles. The summed E-state index contributed by atoms with van der Waals surface area (Å²) in [7, 11) is 0. The number of piperidine rings is 1. The third-order valence-corrected chi connectivity index (χ3v) is 2.84. The Morgan fingerprint density at radius 3 is 2.67 bits per heavy atom. The Labute approximate surface area is 73.1 Å². The minimum absolute atomic E-state index is 0.196. The molecule has 68 valence electrons. The van der Waals surface area contributed by atoms with Crippen molar-refractivity contribution in [2.45, 2.75) is 31.7 Å². The lowest BCUT2D eigenvalue weighted by Gasteiger charge is -2.29. The molecule has 12 heavy (non-hydrogen) atoms. The lowest BCUT2D eigenvalue weighted by Crippen LogP contribution is -2.49. The SMILES string of the molecule is O=C1NCCCC1N1CCCC1. The van der Waals surface area contributed by atoms with Crippen molar-refractivity contribution in [3.8, 4) is 0 Å². The largest absolute Gasteiger partial charge is 0.355 e. The summed E-state index contributed by atoms with van der Waals surface area (Å²) in [6.07, 6.45) is 4.74. The van der Waals surface area contributed by atoms with Crippen LogP contribution in [0.3, 0.4) is 0 Å². The Morgan fingerprint density at radius 2 is 2.00 bits per heavy atom. The number of hydrogen-bond acceptors (Lipinski definition) is 2. The van der Waals surface area contributed by atoms with Crippen LogP contribution in [0, 0.1) is 0 Å². The van der Waals surface area contributed by atoms with Crippen LogP contribution in [-0.2, 0) is 4.79 Å². The standard InChI is InChI=1S/C9H16N2O/c12-9-8(4-3-5-10-9)11-6-1-2-7-11/h8H,1-7H2,(H,10,12). The van der Waals surface area contributed by atoms with Gasteiger partial charge >= 0.3 is 0 Å². The molecule has 0 aromatic rings. The molecular weight excluding hydrogens is 152 g/mol. The van der Waals surface area contributed by atoms with Crippen molar-refractivity contribution in [2.24, 2.45) is 0 Å². The van der Waals surface area contributed by atoms with Crippen LogP contribution in [0.2, 0.25) is 0 Å². The van der Waals surface area contributed by atoms with Crippen LogP contribution in [-0.4, -0.2) is 36.5 Å². The van der Waals surface area contributed by atoms with Crippen molar-refractivity contribution in [3.05, 3.63) is 0 Å². The van der Waals surface area contributed by atoms with E-state index in [1.807, 2.05) is 0 Å². The van der Waals surface area contributed by atoms with Crippen LogP contribution < -0.4 is 5.32 Å². The molecule has 2 saturated heterocycles. The molecule has 0 saturated carbocycles. The highest BCUT2D eigenvalue weighted by Crippen LogP contribution is 2.17. The van der Waals surface area contributed by atoms with Gasteiger partial charge < -0.3 is 5.32 Å². The lowest BCUT2D eigenvalue weighted by atomic mass is 10.1. The summed E-state index contributed by atoms with van der Waals surface area (Å²) < 4.78 is 0. The number of carbonyl (C=O) groups is 1. The van der Waals surface area contributed by atoms with Gasteiger partial charge in [0.1, 0.15) is 0 Å². The van der Waals surface area contributed by atoms with Gasteiger partial charge in [-0.15, -0.1) is 0 Å². The summed E-state index contributed by atoms with van der Waals surface area (Å²) in [6.45, 7) is 3.12. The minimum atomic E-state index is 0.196. The zero-order chi connectivity index (χ0) is 8.39. The normalized spacial score (nSPS) is 32.0. The highest BCUT2D eigenvalue weighted by Gasteiger charge is 2.29. The van der Waals surface area contributed by atoms with Gasteiger partial charge in [-0.2, -0.15) is 0 Å². The van der Waals surface area contributed by atoms with Crippen LogP contribution >= 0.6 is 0 Å². The summed E-state index contributed by atoms with van der Waals surface area (Å²) in [5.41, 5.74) is 0. The van der Waals surface area contributed by atoms with Gasteiger partial charge in [-0.1, -0.05) is 0 Å². The topological polar surface area (TPSA) is 32.3 Å². The third kappa shape index (κ3) is 1.46. The quantitative estimate of drug-likeness (QED) is 0.613. The van der Waals surface area contributed by atoms with Crippen molar-refractivity contribution >= 4 is 5.91 Å². The predicted octanol–water partition coefficient (Wildman–Crippen LogP) is 0.361. The molecule has 1 amide bonds. The molecule has 2 rings (SSSR count). The fraction of sp³-hybridized carbons (Fsp3) is 0.889. The van der Waals surface area contributed by atoms with E-state index in [0.717, 1.165) is 32.5 Å². The second kappa shape index (κ2) is 3.44. The Kier molecular flexibility index (Phi) is 2.30. The zero-order valence-electron chi connectivity index (χ0n) is 7.38. The van der Waals surface area contributed by atoms with Crippen LogP contribution in [0.25, 0.3) is 0 Å². The van der Waals surface area contributed by atoms with Crippen LogP contribution in [0.5, 0.6) is 0 Å². The van der Waals surface area contributed by atoms with Gasteiger partial charge in [-0.05, 0) is 38.8 Å². The van der Waals surface area contributed by atoms with Crippen LogP contribution in [0.1, 0.15) is 25.7 Å². The van der Waals surface area contributed by atoms with Gasteiger partial charge in [0.05, 0.1) is 6.04 Å². The van der Waals surface area contributed by atoms with Crippen molar-refractivity contribution in [1.29, 1.82) is 0 Å². The van der Waals surface area contributed by atoms with Gasteiger partial charge in [0.2, 0.25) is 5.91 Å². The molecule has 2 heterocycles. The highest BCUT2D eigenvalue weighted by atomic mass is 16.2. The third-order valence-electron chi connectivity index (χ3n) is 2.84. The van der Waals surface area contributed by atoms with Crippen molar-refractivity contribution < 1.29 is 4.79 Å². The monoisotopic (exact) mass is 168 g/mol. The van der Waals surface area contributed by atoms with E-state index >= 15 is 0 Å². The van der Waals surface area contributed by atoms with Crippen molar-refractivity contribution in [3.63, 3.8) is 0 Å².